The Morgan fingerprint density at radius 1 is 1.32 bits per heavy atom. The SMILES string of the molecule is Cn1cnc(-c2ccc(NC(=O)CC3=CCCC=C3)nc2)c1. The minimum absolute atomic E-state index is 0.0455. The van der Waals surface area contributed by atoms with E-state index in [4.69, 9.17) is 0 Å². The second-order valence-corrected chi connectivity index (χ2v) is 5.34. The van der Waals surface area contributed by atoms with E-state index in [1.807, 2.05) is 30.0 Å². The number of nitrogens with zero attached hydrogens (tertiary/aromatic N) is 3. The molecular formula is C17H18N4O. The van der Waals surface area contributed by atoms with Gasteiger partial charge in [0.25, 0.3) is 0 Å². The number of pyridine rings is 1. The lowest BCUT2D eigenvalue weighted by Crippen LogP contribution is -2.13. The molecule has 0 radical (unpaired) electrons. The molecule has 5 nitrogen and oxygen atoms in total. The van der Waals surface area contributed by atoms with Crippen LogP contribution in [0.25, 0.3) is 11.3 Å². The monoisotopic (exact) mass is 294 g/mol. The van der Waals surface area contributed by atoms with Gasteiger partial charge in [-0.15, -0.1) is 0 Å². The zero-order valence-corrected chi connectivity index (χ0v) is 12.5. The summed E-state index contributed by atoms with van der Waals surface area (Å²) in [5, 5.41) is 2.82. The fraction of sp³-hybridized carbons (Fsp3) is 0.235. The molecule has 0 unspecified atom stereocenters. The van der Waals surface area contributed by atoms with E-state index in [1.165, 1.54) is 0 Å². The van der Waals surface area contributed by atoms with Crippen molar-refractivity contribution >= 4 is 11.7 Å². The largest absolute Gasteiger partial charge is 0.340 e. The third-order valence-electron chi connectivity index (χ3n) is 3.47. The van der Waals surface area contributed by atoms with Gasteiger partial charge in [0, 0.05) is 25.0 Å². The number of rotatable bonds is 4. The average molecular weight is 294 g/mol. The molecule has 2 aromatic heterocycles. The first-order chi connectivity index (χ1) is 10.7. The van der Waals surface area contributed by atoms with Crippen molar-refractivity contribution in [3.63, 3.8) is 0 Å². The van der Waals surface area contributed by atoms with Gasteiger partial charge < -0.3 is 9.88 Å². The molecule has 2 heterocycles. The summed E-state index contributed by atoms with van der Waals surface area (Å²) in [5.41, 5.74) is 2.86. The molecule has 22 heavy (non-hydrogen) atoms. The first kappa shape index (κ1) is 14.3. The van der Waals surface area contributed by atoms with E-state index in [2.05, 4.69) is 27.4 Å². The second kappa shape index (κ2) is 6.39. The van der Waals surface area contributed by atoms with Crippen molar-refractivity contribution in [2.75, 3.05) is 5.32 Å². The molecule has 1 amide bonds. The molecule has 0 atom stereocenters. The fourth-order valence-corrected chi connectivity index (χ4v) is 2.35. The summed E-state index contributed by atoms with van der Waals surface area (Å²) in [6, 6.07) is 3.71. The molecule has 1 aliphatic carbocycles. The van der Waals surface area contributed by atoms with E-state index in [0.29, 0.717) is 12.2 Å². The first-order valence-electron chi connectivity index (χ1n) is 7.30. The fourth-order valence-electron chi connectivity index (χ4n) is 2.35. The molecule has 0 aromatic carbocycles. The van der Waals surface area contributed by atoms with Gasteiger partial charge in [0.05, 0.1) is 18.4 Å². The predicted octanol–water partition coefficient (Wildman–Crippen LogP) is 3.09. The Labute approximate surface area is 129 Å². The predicted molar refractivity (Wildman–Crippen MR) is 86.1 cm³/mol. The van der Waals surface area contributed by atoms with Crippen molar-refractivity contribution in [1.82, 2.24) is 14.5 Å². The van der Waals surface area contributed by atoms with Crippen molar-refractivity contribution in [2.24, 2.45) is 7.05 Å². The van der Waals surface area contributed by atoms with Crippen LogP contribution in [0.4, 0.5) is 5.82 Å². The molecule has 5 heteroatoms. The molecule has 2 aromatic rings. The van der Waals surface area contributed by atoms with E-state index in [1.54, 1.807) is 18.6 Å². The number of carbonyl (C=O) groups is 1. The van der Waals surface area contributed by atoms with Crippen LogP contribution in [-0.2, 0) is 11.8 Å². The summed E-state index contributed by atoms with van der Waals surface area (Å²) >= 11 is 0. The highest BCUT2D eigenvalue weighted by Gasteiger charge is 2.08. The quantitative estimate of drug-likeness (QED) is 0.942. The molecule has 1 aliphatic rings. The number of allylic oxidation sites excluding steroid dienone is 3. The molecule has 0 fully saturated rings. The zero-order chi connectivity index (χ0) is 15.4. The molecule has 0 saturated heterocycles. The van der Waals surface area contributed by atoms with Crippen molar-refractivity contribution in [1.29, 1.82) is 0 Å². The molecular weight excluding hydrogens is 276 g/mol. The smallest absolute Gasteiger partial charge is 0.229 e. The molecule has 1 N–H and O–H groups in total. The lowest BCUT2D eigenvalue weighted by molar-refractivity contribution is -0.115. The Balaban J connectivity index is 1.62. The van der Waals surface area contributed by atoms with Gasteiger partial charge in [-0.1, -0.05) is 18.2 Å². The molecule has 112 valence electrons. The van der Waals surface area contributed by atoms with Crippen LogP contribution in [0.5, 0.6) is 0 Å². The topological polar surface area (TPSA) is 59.8 Å². The van der Waals surface area contributed by atoms with Gasteiger partial charge in [-0.2, -0.15) is 0 Å². The van der Waals surface area contributed by atoms with E-state index >= 15 is 0 Å². The molecule has 0 bridgehead atoms. The molecule has 3 rings (SSSR count). The van der Waals surface area contributed by atoms with Crippen LogP contribution in [0, 0.1) is 0 Å². The number of hydrogen-bond acceptors (Lipinski definition) is 3. The van der Waals surface area contributed by atoms with Crippen LogP contribution in [0.15, 0.2) is 54.7 Å². The summed E-state index contributed by atoms with van der Waals surface area (Å²) in [5.74, 6) is 0.515. The number of hydrogen-bond donors (Lipinski definition) is 1. The van der Waals surface area contributed by atoms with Crippen molar-refractivity contribution in [3.8, 4) is 11.3 Å². The van der Waals surface area contributed by atoms with Crippen LogP contribution >= 0.6 is 0 Å². The third kappa shape index (κ3) is 3.49. The van der Waals surface area contributed by atoms with E-state index in [0.717, 1.165) is 29.7 Å². The van der Waals surface area contributed by atoms with Crippen LogP contribution in [0.1, 0.15) is 19.3 Å². The van der Waals surface area contributed by atoms with Crippen LogP contribution in [0.2, 0.25) is 0 Å². The zero-order valence-electron chi connectivity index (χ0n) is 12.5. The average Bonchev–Trinajstić information content (AvgIpc) is 2.95. The van der Waals surface area contributed by atoms with Crippen molar-refractivity contribution in [3.05, 3.63) is 54.7 Å². The van der Waals surface area contributed by atoms with Gasteiger partial charge >= 0.3 is 0 Å². The number of aromatic nitrogens is 3. The maximum atomic E-state index is 12.0. The van der Waals surface area contributed by atoms with Crippen LogP contribution in [0.3, 0.4) is 0 Å². The van der Waals surface area contributed by atoms with Crippen LogP contribution < -0.4 is 5.32 Å². The minimum Gasteiger partial charge on any atom is -0.340 e. The maximum absolute atomic E-state index is 12.0. The maximum Gasteiger partial charge on any atom is 0.229 e. The number of aryl methyl sites for hydroxylation is 1. The van der Waals surface area contributed by atoms with Gasteiger partial charge in [0.15, 0.2) is 0 Å². The summed E-state index contributed by atoms with van der Waals surface area (Å²) < 4.78 is 1.89. The van der Waals surface area contributed by atoms with E-state index in [9.17, 15) is 4.79 Å². The second-order valence-electron chi connectivity index (χ2n) is 5.34. The lowest BCUT2D eigenvalue weighted by atomic mass is 10.0. The Morgan fingerprint density at radius 2 is 2.23 bits per heavy atom. The van der Waals surface area contributed by atoms with Gasteiger partial charge in [0.1, 0.15) is 5.82 Å². The highest BCUT2D eigenvalue weighted by Crippen LogP contribution is 2.18. The Hall–Kier alpha value is -2.69. The number of nitrogens with one attached hydrogen (secondary N) is 1. The number of carbonyl (C=O) groups excluding carboxylic acids is 1. The van der Waals surface area contributed by atoms with Gasteiger partial charge in [-0.25, -0.2) is 9.97 Å². The first-order valence-corrected chi connectivity index (χ1v) is 7.30. The summed E-state index contributed by atoms with van der Waals surface area (Å²) in [6.07, 6.45) is 14.1. The van der Waals surface area contributed by atoms with Crippen molar-refractivity contribution in [2.45, 2.75) is 19.3 Å². The third-order valence-corrected chi connectivity index (χ3v) is 3.47. The molecule has 0 aliphatic heterocycles. The molecule has 0 spiro atoms. The lowest BCUT2D eigenvalue weighted by Gasteiger charge is -2.08. The summed E-state index contributed by atoms with van der Waals surface area (Å²) in [7, 11) is 1.92. The normalized spacial score (nSPS) is 13.8. The van der Waals surface area contributed by atoms with Crippen molar-refractivity contribution < 1.29 is 4.79 Å². The van der Waals surface area contributed by atoms with Crippen LogP contribution in [-0.4, -0.2) is 20.4 Å². The van der Waals surface area contributed by atoms with Gasteiger partial charge in [-0.05, 0) is 30.5 Å². The van der Waals surface area contributed by atoms with Gasteiger partial charge in [0.2, 0.25) is 5.91 Å². The number of anilines is 1. The Morgan fingerprint density at radius 3 is 2.86 bits per heavy atom. The molecule has 0 saturated carbocycles. The highest BCUT2D eigenvalue weighted by atomic mass is 16.1. The standard InChI is InChI=1S/C17H18N4O/c1-21-11-15(19-12-21)14-7-8-16(18-10-14)20-17(22)9-13-5-3-2-4-6-13/h3,5-8,10-12H,2,4,9H2,1H3,(H,18,20,22). The van der Waals surface area contributed by atoms with E-state index < -0.39 is 0 Å². The Bertz CT molecular complexity index is 725. The number of amides is 1. The summed E-state index contributed by atoms with van der Waals surface area (Å²) in [4.78, 5) is 20.6. The minimum atomic E-state index is -0.0455. The highest BCUT2D eigenvalue weighted by molar-refractivity contribution is 5.91. The van der Waals surface area contributed by atoms with E-state index in [-0.39, 0.29) is 5.91 Å². The Kier molecular flexibility index (Phi) is 4.14. The number of imidazole rings is 1. The van der Waals surface area contributed by atoms with Gasteiger partial charge in [-0.3, -0.25) is 4.79 Å². The summed E-state index contributed by atoms with van der Waals surface area (Å²) in [6.45, 7) is 0.